The lowest BCUT2D eigenvalue weighted by atomic mass is 10.2. The number of nitro benzene ring substituents is 1. The van der Waals surface area contributed by atoms with Crippen molar-refractivity contribution in [2.45, 2.75) is 19.9 Å². The fourth-order valence-electron chi connectivity index (χ4n) is 3.57. The van der Waals surface area contributed by atoms with Gasteiger partial charge in [-0.2, -0.15) is 0 Å². The van der Waals surface area contributed by atoms with Crippen LogP contribution in [0.15, 0.2) is 53.5 Å². The molecule has 10 heteroatoms. The zero-order chi connectivity index (χ0) is 22.8. The van der Waals surface area contributed by atoms with Gasteiger partial charge in [0, 0.05) is 58.1 Å². The zero-order valence-electron chi connectivity index (χ0n) is 18.9. The van der Waals surface area contributed by atoms with Gasteiger partial charge in [0.05, 0.1) is 17.2 Å². The molecule has 0 unspecified atom stereocenters. The molecule has 1 saturated heterocycles. The highest BCUT2D eigenvalue weighted by Crippen LogP contribution is 2.27. The molecule has 2 aromatic rings. The number of piperazine rings is 1. The van der Waals surface area contributed by atoms with Gasteiger partial charge in [-0.25, -0.2) is 4.99 Å². The quantitative estimate of drug-likeness (QED) is 0.119. The fourth-order valence-corrected chi connectivity index (χ4v) is 3.57. The molecule has 0 spiro atoms. The van der Waals surface area contributed by atoms with Crippen LogP contribution in [-0.2, 0) is 11.3 Å². The van der Waals surface area contributed by atoms with Crippen molar-refractivity contribution in [3.05, 3.63) is 64.2 Å². The minimum Gasteiger partial charge on any atom is -0.506 e. The molecule has 0 atom stereocenters. The Kier molecular flexibility index (Phi) is 11.2. The number of hydrogen-bond acceptors (Lipinski definition) is 6. The third-order valence-corrected chi connectivity index (χ3v) is 5.31. The summed E-state index contributed by atoms with van der Waals surface area (Å²) in [6.07, 6.45) is 0.877. The van der Waals surface area contributed by atoms with E-state index in [9.17, 15) is 15.2 Å². The monoisotopic (exact) mass is 569 g/mol. The molecule has 1 aliphatic rings. The minimum absolute atomic E-state index is 0. The number of non-ortho nitro benzene ring substituents is 1. The maximum Gasteiger partial charge on any atom is 0.269 e. The summed E-state index contributed by atoms with van der Waals surface area (Å²) in [6.45, 7) is 7.65. The Morgan fingerprint density at radius 3 is 2.48 bits per heavy atom. The van der Waals surface area contributed by atoms with Crippen molar-refractivity contribution >= 4 is 41.3 Å². The molecular weight excluding hydrogens is 537 g/mol. The Hall–Kier alpha value is -2.60. The van der Waals surface area contributed by atoms with Crippen LogP contribution in [0.5, 0.6) is 5.75 Å². The van der Waals surface area contributed by atoms with E-state index >= 15 is 0 Å². The third kappa shape index (κ3) is 8.04. The largest absolute Gasteiger partial charge is 0.506 e. The third-order valence-electron chi connectivity index (χ3n) is 5.31. The number of benzene rings is 2. The van der Waals surface area contributed by atoms with Gasteiger partial charge in [-0.15, -0.1) is 24.0 Å². The van der Waals surface area contributed by atoms with Crippen LogP contribution in [0.4, 0.5) is 11.4 Å². The highest BCUT2D eigenvalue weighted by atomic mass is 127. The molecule has 33 heavy (non-hydrogen) atoms. The summed E-state index contributed by atoms with van der Waals surface area (Å²) >= 11 is 0. The number of hydrogen-bond donors (Lipinski definition) is 2. The first-order valence-electron chi connectivity index (χ1n) is 11.0. The predicted molar refractivity (Wildman–Crippen MR) is 141 cm³/mol. The van der Waals surface area contributed by atoms with Crippen LogP contribution in [-0.4, -0.2) is 66.8 Å². The Balaban J connectivity index is 0.00000385. The summed E-state index contributed by atoms with van der Waals surface area (Å²) in [5.41, 5.74) is 1.84. The van der Waals surface area contributed by atoms with Crippen molar-refractivity contribution in [2.75, 3.05) is 50.8 Å². The molecular formula is C23H32IN5O4. The molecule has 9 nitrogen and oxygen atoms in total. The summed E-state index contributed by atoms with van der Waals surface area (Å²) in [4.78, 5) is 19.6. The second kappa shape index (κ2) is 13.8. The summed E-state index contributed by atoms with van der Waals surface area (Å²) < 4.78 is 5.42. The molecule has 1 fully saturated rings. The van der Waals surface area contributed by atoms with E-state index in [1.807, 2.05) is 25.1 Å². The average Bonchev–Trinajstić information content (AvgIpc) is 2.82. The molecule has 3 rings (SSSR count). The van der Waals surface area contributed by atoms with Gasteiger partial charge < -0.3 is 25.0 Å². The summed E-state index contributed by atoms with van der Waals surface area (Å²) in [5, 5.41) is 24.4. The van der Waals surface area contributed by atoms with Crippen LogP contribution in [0.25, 0.3) is 0 Å². The van der Waals surface area contributed by atoms with E-state index in [2.05, 4.69) is 15.1 Å². The SMILES string of the molecule is CCOCCCNC(=NCc1ccc([N+](=O)[O-])cc1)N1CCN(c2ccccc2O)CC1.I. The maximum atomic E-state index is 10.9. The van der Waals surface area contributed by atoms with Crippen molar-refractivity contribution in [3.63, 3.8) is 0 Å². The van der Waals surface area contributed by atoms with E-state index in [1.165, 1.54) is 12.1 Å². The van der Waals surface area contributed by atoms with Crippen LogP contribution in [0.3, 0.4) is 0 Å². The molecule has 2 aromatic carbocycles. The molecule has 0 saturated carbocycles. The molecule has 1 heterocycles. The van der Waals surface area contributed by atoms with Gasteiger partial charge >= 0.3 is 0 Å². The zero-order valence-corrected chi connectivity index (χ0v) is 21.2. The predicted octanol–water partition coefficient (Wildman–Crippen LogP) is 3.61. The summed E-state index contributed by atoms with van der Waals surface area (Å²) in [6, 6.07) is 13.9. The minimum atomic E-state index is -0.400. The topological polar surface area (TPSA) is 103 Å². The van der Waals surface area contributed by atoms with Gasteiger partial charge in [-0.3, -0.25) is 10.1 Å². The first-order valence-corrected chi connectivity index (χ1v) is 11.0. The average molecular weight is 569 g/mol. The lowest BCUT2D eigenvalue weighted by Crippen LogP contribution is -2.52. The van der Waals surface area contributed by atoms with Crippen molar-refractivity contribution < 1.29 is 14.8 Å². The van der Waals surface area contributed by atoms with Crippen molar-refractivity contribution in [2.24, 2.45) is 4.99 Å². The Bertz CT molecular complexity index is 902. The van der Waals surface area contributed by atoms with Gasteiger partial charge in [0.2, 0.25) is 0 Å². The highest BCUT2D eigenvalue weighted by molar-refractivity contribution is 14.0. The molecule has 0 amide bonds. The van der Waals surface area contributed by atoms with Gasteiger partial charge in [0.1, 0.15) is 5.75 Å². The number of para-hydroxylation sites is 2. The number of anilines is 1. The number of guanidine groups is 1. The van der Waals surface area contributed by atoms with Crippen LogP contribution in [0.2, 0.25) is 0 Å². The van der Waals surface area contributed by atoms with Crippen molar-refractivity contribution in [1.82, 2.24) is 10.2 Å². The number of halogens is 1. The number of rotatable bonds is 9. The number of nitrogens with one attached hydrogen (secondary N) is 1. The number of aromatic hydroxyl groups is 1. The normalized spacial score (nSPS) is 14.0. The second-order valence-corrected chi connectivity index (χ2v) is 7.50. The van der Waals surface area contributed by atoms with Crippen LogP contribution >= 0.6 is 24.0 Å². The van der Waals surface area contributed by atoms with E-state index < -0.39 is 4.92 Å². The van der Waals surface area contributed by atoms with Crippen LogP contribution in [0, 0.1) is 10.1 Å². The lowest BCUT2D eigenvalue weighted by Gasteiger charge is -2.38. The van der Waals surface area contributed by atoms with Crippen LogP contribution < -0.4 is 10.2 Å². The molecule has 0 bridgehead atoms. The maximum absolute atomic E-state index is 10.9. The fraction of sp³-hybridized carbons (Fsp3) is 0.435. The molecule has 180 valence electrons. The second-order valence-electron chi connectivity index (χ2n) is 7.50. The van der Waals surface area contributed by atoms with E-state index in [0.29, 0.717) is 25.5 Å². The number of ether oxygens (including phenoxy) is 1. The standard InChI is InChI=1S/C23H31N5O4.HI/c1-2-32-17-5-12-24-23(25-18-19-8-10-20(11-9-19)28(30)31)27-15-13-26(14-16-27)21-6-3-4-7-22(21)29;/h3-4,6-11,29H,2,5,12-18H2,1H3,(H,24,25);1H. The van der Waals surface area contributed by atoms with Crippen LogP contribution in [0.1, 0.15) is 18.9 Å². The lowest BCUT2D eigenvalue weighted by molar-refractivity contribution is -0.384. The van der Waals surface area contributed by atoms with Gasteiger partial charge in [-0.05, 0) is 31.0 Å². The first-order chi connectivity index (χ1) is 15.6. The smallest absolute Gasteiger partial charge is 0.269 e. The van der Waals surface area contributed by atoms with Gasteiger partial charge in [0.25, 0.3) is 5.69 Å². The Labute approximate surface area is 211 Å². The molecule has 0 radical (unpaired) electrons. The Morgan fingerprint density at radius 1 is 1.15 bits per heavy atom. The van der Waals surface area contributed by atoms with Gasteiger partial charge in [-0.1, -0.05) is 24.3 Å². The Morgan fingerprint density at radius 2 is 1.85 bits per heavy atom. The van der Waals surface area contributed by atoms with E-state index in [-0.39, 0.29) is 29.7 Å². The molecule has 0 aliphatic carbocycles. The summed E-state index contributed by atoms with van der Waals surface area (Å²) in [7, 11) is 0. The van der Waals surface area contributed by atoms with Crippen molar-refractivity contribution in [1.29, 1.82) is 0 Å². The highest BCUT2D eigenvalue weighted by Gasteiger charge is 2.21. The molecule has 0 aromatic heterocycles. The number of phenolic OH excluding ortho intramolecular Hbond substituents is 1. The molecule has 2 N–H and O–H groups in total. The summed E-state index contributed by atoms with van der Waals surface area (Å²) in [5.74, 6) is 1.11. The number of nitro groups is 1. The van der Waals surface area contributed by atoms with Crippen molar-refractivity contribution in [3.8, 4) is 5.75 Å². The number of phenols is 1. The van der Waals surface area contributed by atoms with E-state index in [0.717, 1.165) is 56.4 Å². The molecule has 1 aliphatic heterocycles. The van der Waals surface area contributed by atoms with Gasteiger partial charge in [0.15, 0.2) is 5.96 Å². The first kappa shape index (κ1) is 26.7. The number of aliphatic imine (C=N–C) groups is 1. The van der Waals surface area contributed by atoms with E-state index in [1.54, 1.807) is 18.2 Å². The number of nitrogens with zero attached hydrogens (tertiary/aromatic N) is 4. The van der Waals surface area contributed by atoms with E-state index in [4.69, 9.17) is 9.73 Å².